The molecule has 2 N–H and O–H groups in total. The smallest absolute Gasteiger partial charge is 0.256 e. The van der Waals surface area contributed by atoms with E-state index in [1.54, 1.807) is 4.57 Å². The second kappa shape index (κ2) is 5.68. The predicted molar refractivity (Wildman–Crippen MR) is 88.6 cm³/mol. The summed E-state index contributed by atoms with van der Waals surface area (Å²) in [6.07, 6.45) is 0. The van der Waals surface area contributed by atoms with Crippen molar-refractivity contribution in [3.05, 3.63) is 40.7 Å². The third-order valence-corrected chi connectivity index (χ3v) is 4.32. The van der Waals surface area contributed by atoms with Crippen molar-refractivity contribution in [1.29, 1.82) is 0 Å². The fourth-order valence-electron chi connectivity index (χ4n) is 3.09. The van der Waals surface area contributed by atoms with Gasteiger partial charge in [0, 0.05) is 32.2 Å². The van der Waals surface area contributed by atoms with Crippen molar-refractivity contribution in [2.24, 2.45) is 0 Å². The van der Waals surface area contributed by atoms with Crippen LogP contribution in [0, 0.1) is 0 Å². The molecule has 4 rings (SSSR count). The van der Waals surface area contributed by atoms with E-state index >= 15 is 0 Å². The average molecular weight is 313 g/mol. The van der Waals surface area contributed by atoms with E-state index in [-0.39, 0.29) is 5.56 Å². The number of fused-ring (bicyclic) bond motifs is 3. The molecule has 1 aliphatic heterocycles. The van der Waals surface area contributed by atoms with E-state index in [0.717, 1.165) is 43.9 Å². The Morgan fingerprint density at radius 1 is 1.17 bits per heavy atom. The molecule has 120 valence electrons. The van der Waals surface area contributed by atoms with Gasteiger partial charge in [-0.1, -0.05) is 12.1 Å². The maximum atomic E-state index is 12.4. The number of hydrogen-bond acceptors (Lipinski definition) is 5. The van der Waals surface area contributed by atoms with Gasteiger partial charge in [0.1, 0.15) is 5.82 Å². The highest BCUT2D eigenvalue weighted by molar-refractivity contribution is 5.81. The van der Waals surface area contributed by atoms with Crippen LogP contribution in [0.4, 0.5) is 5.82 Å². The maximum absolute atomic E-state index is 12.4. The summed E-state index contributed by atoms with van der Waals surface area (Å²) in [5, 5.41) is 0. The molecule has 0 saturated carbocycles. The largest absolute Gasteiger partial charge is 0.385 e. The molecule has 1 saturated heterocycles. The fourth-order valence-corrected chi connectivity index (χ4v) is 3.09. The van der Waals surface area contributed by atoms with Crippen LogP contribution in [0.25, 0.3) is 16.8 Å². The lowest BCUT2D eigenvalue weighted by atomic mass is 10.3. The second-order valence-electron chi connectivity index (χ2n) is 5.75. The molecular weight excluding hydrogens is 294 g/mol. The molecule has 0 spiro atoms. The van der Waals surface area contributed by atoms with Gasteiger partial charge < -0.3 is 10.5 Å². The van der Waals surface area contributed by atoms with Gasteiger partial charge in [-0.3, -0.25) is 18.7 Å². The van der Waals surface area contributed by atoms with Crippen molar-refractivity contribution in [3.8, 4) is 0 Å². The van der Waals surface area contributed by atoms with E-state index in [0.29, 0.717) is 18.1 Å². The molecule has 1 aliphatic rings. The lowest BCUT2D eigenvalue weighted by Crippen LogP contribution is -2.39. The van der Waals surface area contributed by atoms with Gasteiger partial charge in [-0.15, -0.1) is 0 Å². The molecule has 0 radical (unpaired) electrons. The monoisotopic (exact) mass is 313 g/mol. The molecule has 3 heterocycles. The molecule has 7 heteroatoms. The highest BCUT2D eigenvalue weighted by Gasteiger charge is 2.15. The first kappa shape index (κ1) is 14.2. The summed E-state index contributed by atoms with van der Waals surface area (Å²) >= 11 is 0. The van der Waals surface area contributed by atoms with Gasteiger partial charge in [-0.2, -0.15) is 0 Å². The van der Waals surface area contributed by atoms with Crippen molar-refractivity contribution in [2.45, 2.75) is 6.54 Å². The number of aromatic nitrogens is 3. The molecule has 1 aromatic carbocycles. The summed E-state index contributed by atoms with van der Waals surface area (Å²) in [5.41, 5.74) is 7.70. The van der Waals surface area contributed by atoms with Gasteiger partial charge in [0.15, 0.2) is 0 Å². The zero-order valence-corrected chi connectivity index (χ0v) is 12.8. The van der Waals surface area contributed by atoms with Gasteiger partial charge in [0.2, 0.25) is 5.78 Å². The maximum Gasteiger partial charge on any atom is 0.256 e. The topological polar surface area (TPSA) is 77.8 Å². The third kappa shape index (κ3) is 2.47. The van der Waals surface area contributed by atoms with Crippen LogP contribution in [0.15, 0.2) is 35.1 Å². The number of anilines is 1. The van der Waals surface area contributed by atoms with Crippen LogP contribution in [0.1, 0.15) is 0 Å². The lowest BCUT2D eigenvalue weighted by Gasteiger charge is -2.26. The summed E-state index contributed by atoms with van der Waals surface area (Å²) in [4.78, 5) is 19.3. The molecule has 0 unspecified atom stereocenters. The molecule has 0 amide bonds. The van der Waals surface area contributed by atoms with Crippen molar-refractivity contribution in [1.82, 2.24) is 18.9 Å². The number of imidazole rings is 1. The number of nitrogens with two attached hydrogens (primary N) is 1. The fraction of sp³-hybridized carbons (Fsp3) is 0.375. The Labute approximate surface area is 132 Å². The number of morpholine rings is 1. The Kier molecular flexibility index (Phi) is 3.51. The normalized spacial score (nSPS) is 16.3. The summed E-state index contributed by atoms with van der Waals surface area (Å²) in [7, 11) is 0. The van der Waals surface area contributed by atoms with Gasteiger partial charge in [-0.25, -0.2) is 4.98 Å². The van der Waals surface area contributed by atoms with Gasteiger partial charge >= 0.3 is 0 Å². The quantitative estimate of drug-likeness (QED) is 0.764. The van der Waals surface area contributed by atoms with Crippen molar-refractivity contribution in [2.75, 3.05) is 38.6 Å². The number of nitrogens with zero attached hydrogens (tertiary/aromatic N) is 4. The third-order valence-electron chi connectivity index (χ3n) is 4.32. The molecule has 2 aromatic heterocycles. The predicted octanol–water partition coefficient (Wildman–Crippen LogP) is 0.564. The Balaban J connectivity index is 1.77. The summed E-state index contributed by atoms with van der Waals surface area (Å²) in [5.74, 6) is 1.02. The Morgan fingerprint density at radius 2 is 1.96 bits per heavy atom. The molecular formula is C16H19N5O2. The molecule has 1 fully saturated rings. The standard InChI is InChI=1S/C16H19N5O2/c17-14-11-15(22)20(6-5-19-7-9-23-10-8-19)16-18-12-3-1-2-4-13(12)21(14)16/h1-4,11H,5-10,17H2. The van der Waals surface area contributed by atoms with Crippen LogP contribution in [0.2, 0.25) is 0 Å². The minimum Gasteiger partial charge on any atom is -0.385 e. The van der Waals surface area contributed by atoms with E-state index in [1.165, 1.54) is 6.07 Å². The number of benzene rings is 1. The first-order chi connectivity index (χ1) is 11.2. The van der Waals surface area contributed by atoms with Crippen LogP contribution >= 0.6 is 0 Å². The summed E-state index contributed by atoms with van der Waals surface area (Å²) < 4.78 is 8.90. The van der Waals surface area contributed by atoms with E-state index in [2.05, 4.69) is 9.88 Å². The number of para-hydroxylation sites is 2. The molecule has 23 heavy (non-hydrogen) atoms. The zero-order valence-electron chi connectivity index (χ0n) is 12.8. The van der Waals surface area contributed by atoms with E-state index < -0.39 is 0 Å². The van der Waals surface area contributed by atoms with Crippen LogP contribution in [-0.2, 0) is 11.3 Å². The van der Waals surface area contributed by atoms with Crippen LogP contribution in [-0.4, -0.2) is 51.7 Å². The van der Waals surface area contributed by atoms with Crippen LogP contribution < -0.4 is 11.3 Å². The van der Waals surface area contributed by atoms with Crippen LogP contribution in [0.3, 0.4) is 0 Å². The Morgan fingerprint density at radius 3 is 2.78 bits per heavy atom. The Bertz CT molecular complexity index is 908. The van der Waals surface area contributed by atoms with E-state index in [1.807, 2.05) is 28.7 Å². The summed E-state index contributed by atoms with van der Waals surface area (Å²) in [6, 6.07) is 9.24. The van der Waals surface area contributed by atoms with Crippen molar-refractivity contribution < 1.29 is 4.74 Å². The molecule has 0 atom stereocenters. The SMILES string of the molecule is Nc1cc(=O)n(CCN2CCOCC2)c2nc3ccccc3n12. The zero-order chi connectivity index (χ0) is 15.8. The first-order valence-electron chi connectivity index (χ1n) is 7.81. The van der Waals surface area contributed by atoms with Gasteiger partial charge in [0.05, 0.1) is 24.2 Å². The number of hydrogen-bond donors (Lipinski definition) is 1. The van der Waals surface area contributed by atoms with Gasteiger partial charge in [-0.05, 0) is 12.1 Å². The highest BCUT2D eigenvalue weighted by Crippen LogP contribution is 2.18. The summed E-state index contributed by atoms with van der Waals surface area (Å²) in [6.45, 7) is 4.68. The molecule has 0 aliphatic carbocycles. The van der Waals surface area contributed by atoms with Gasteiger partial charge in [0.25, 0.3) is 5.56 Å². The lowest BCUT2D eigenvalue weighted by molar-refractivity contribution is 0.0364. The molecule has 3 aromatic rings. The first-order valence-corrected chi connectivity index (χ1v) is 7.81. The highest BCUT2D eigenvalue weighted by atomic mass is 16.5. The molecule has 0 bridgehead atoms. The second-order valence-corrected chi connectivity index (χ2v) is 5.75. The average Bonchev–Trinajstić information content (AvgIpc) is 2.95. The number of ether oxygens (including phenoxy) is 1. The minimum absolute atomic E-state index is 0.112. The van der Waals surface area contributed by atoms with Crippen molar-refractivity contribution >= 4 is 22.6 Å². The van der Waals surface area contributed by atoms with Crippen molar-refractivity contribution in [3.63, 3.8) is 0 Å². The molecule has 7 nitrogen and oxygen atoms in total. The number of rotatable bonds is 3. The van der Waals surface area contributed by atoms with Crippen LogP contribution in [0.5, 0.6) is 0 Å². The number of nitrogen functional groups attached to an aromatic ring is 1. The van der Waals surface area contributed by atoms with E-state index in [9.17, 15) is 4.79 Å². The Hall–Kier alpha value is -2.38. The minimum atomic E-state index is -0.112. The van der Waals surface area contributed by atoms with E-state index in [4.69, 9.17) is 10.5 Å².